The fourth-order valence-electron chi connectivity index (χ4n) is 2.53. The molecule has 0 atom stereocenters. The molecule has 2 aliphatic heterocycles. The minimum atomic E-state index is -0.284. The van der Waals surface area contributed by atoms with Crippen LogP contribution in [-0.2, 0) is 9.59 Å². The number of urea groups is 1. The molecule has 0 aliphatic carbocycles. The second-order valence-corrected chi connectivity index (χ2v) is 6.91. The highest BCUT2D eigenvalue weighted by Crippen LogP contribution is 2.09. The van der Waals surface area contributed by atoms with Gasteiger partial charge in [-0.05, 0) is 27.2 Å². The molecule has 2 N–H and O–H groups in total. The van der Waals surface area contributed by atoms with Crippen LogP contribution in [-0.4, -0.2) is 65.1 Å². The van der Waals surface area contributed by atoms with Crippen LogP contribution in [0.3, 0.4) is 0 Å². The normalized spacial score (nSPS) is 19.6. The fourth-order valence-corrected chi connectivity index (χ4v) is 2.53. The van der Waals surface area contributed by atoms with Gasteiger partial charge in [0.25, 0.3) is 5.91 Å². The lowest BCUT2D eigenvalue weighted by Crippen LogP contribution is -2.49. The Labute approximate surface area is 136 Å². The molecule has 2 aliphatic rings. The van der Waals surface area contributed by atoms with Crippen molar-refractivity contribution in [3.05, 3.63) is 0 Å². The van der Waals surface area contributed by atoms with Crippen LogP contribution >= 0.6 is 0 Å². The predicted molar refractivity (Wildman–Crippen MR) is 85.9 cm³/mol. The number of nitrogens with zero attached hydrogens (tertiary/aromatic N) is 3. The predicted octanol–water partition coefficient (Wildman–Crippen LogP) is 0.295. The van der Waals surface area contributed by atoms with Gasteiger partial charge < -0.3 is 15.1 Å². The zero-order chi connectivity index (χ0) is 17.0. The van der Waals surface area contributed by atoms with Crippen molar-refractivity contribution < 1.29 is 14.4 Å². The van der Waals surface area contributed by atoms with Crippen molar-refractivity contribution in [1.29, 1.82) is 0 Å². The smallest absolute Gasteiger partial charge is 0.317 e. The Morgan fingerprint density at radius 2 is 1.74 bits per heavy atom. The van der Waals surface area contributed by atoms with Gasteiger partial charge in [0.15, 0.2) is 0 Å². The van der Waals surface area contributed by atoms with Gasteiger partial charge in [-0.2, -0.15) is 5.10 Å². The summed E-state index contributed by atoms with van der Waals surface area (Å²) in [5, 5.41) is 6.79. The number of hydrogen-bond acceptors (Lipinski definition) is 4. The summed E-state index contributed by atoms with van der Waals surface area (Å²) in [6, 6.07) is -0.103. The number of nitrogens with one attached hydrogen (secondary N) is 2. The Morgan fingerprint density at radius 3 is 2.35 bits per heavy atom. The van der Waals surface area contributed by atoms with Crippen LogP contribution in [0.4, 0.5) is 4.79 Å². The van der Waals surface area contributed by atoms with Crippen LogP contribution < -0.4 is 10.7 Å². The third-order valence-electron chi connectivity index (χ3n) is 3.70. The standard InChI is InChI=1S/C15H25N5O3/c1-15(2,3)16-14(23)20-8-4-7-19(9-10-20)13(22)11-5-6-12(21)18-17-11/h4-10H2,1-3H3,(H,16,23)(H,18,21). The number of hydrazone groups is 1. The van der Waals surface area contributed by atoms with Gasteiger partial charge in [-0.15, -0.1) is 0 Å². The minimum absolute atomic E-state index is 0.103. The molecule has 0 spiro atoms. The van der Waals surface area contributed by atoms with E-state index in [-0.39, 0.29) is 23.4 Å². The summed E-state index contributed by atoms with van der Waals surface area (Å²) < 4.78 is 0. The second kappa shape index (κ2) is 6.97. The summed E-state index contributed by atoms with van der Waals surface area (Å²) in [5.41, 5.74) is 2.45. The average molecular weight is 323 g/mol. The summed E-state index contributed by atoms with van der Waals surface area (Å²) in [6.07, 6.45) is 1.39. The molecule has 128 valence electrons. The number of rotatable bonds is 1. The molecule has 1 fully saturated rings. The highest BCUT2D eigenvalue weighted by Gasteiger charge is 2.27. The molecule has 1 saturated heterocycles. The second-order valence-electron chi connectivity index (χ2n) is 6.91. The topological polar surface area (TPSA) is 94.1 Å². The molecule has 0 aromatic carbocycles. The Hall–Kier alpha value is -2.12. The van der Waals surface area contributed by atoms with Gasteiger partial charge >= 0.3 is 6.03 Å². The number of carbonyl (C=O) groups is 3. The van der Waals surface area contributed by atoms with Crippen molar-refractivity contribution in [3.63, 3.8) is 0 Å². The lowest BCUT2D eigenvalue weighted by Gasteiger charge is -2.27. The maximum absolute atomic E-state index is 12.4. The van der Waals surface area contributed by atoms with Gasteiger partial charge in [0.1, 0.15) is 5.71 Å². The van der Waals surface area contributed by atoms with Crippen LogP contribution in [0.25, 0.3) is 0 Å². The third-order valence-corrected chi connectivity index (χ3v) is 3.70. The van der Waals surface area contributed by atoms with Gasteiger partial charge in [0.05, 0.1) is 0 Å². The van der Waals surface area contributed by atoms with Gasteiger partial charge in [0, 0.05) is 44.6 Å². The Bertz CT molecular complexity index is 524. The van der Waals surface area contributed by atoms with Crippen LogP contribution in [0.15, 0.2) is 5.10 Å². The SMILES string of the molecule is CC(C)(C)NC(=O)N1CCCN(C(=O)C2=NNC(=O)CC2)CC1. The molecule has 8 heteroatoms. The third kappa shape index (κ3) is 4.94. The number of amides is 4. The van der Waals surface area contributed by atoms with Crippen molar-refractivity contribution in [3.8, 4) is 0 Å². The summed E-state index contributed by atoms with van der Waals surface area (Å²) in [6.45, 7) is 7.99. The summed E-state index contributed by atoms with van der Waals surface area (Å²) >= 11 is 0. The molecular formula is C15H25N5O3. The summed E-state index contributed by atoms with van der Waals surface area (Å²) in [4.78, 5) is 39.2. The Kier molecular flexibility index (Phi) is 5.23. The first-order valence-electron chi connectivity index (χ1n) is 7.98. The van der Waals surface area contributed by atoms with Crippen LogP contribution in [0, 0.1) is 0 Å². The summed E-state index contributed by atoms with van der Waals surface area (Å²) in [7, 11) is 0. The van der Waals surface area contributed by atoms with E-state index in [1.165, 1.54) is 0 Å². The minimum Gasteiger partial charge on any atom is -0.336 e. The van der Waals surface area contributed by atoms with E-state index >= 15 is 0 Å². The van der Waals surface area contributed by atoms with Crippen molar-refractivity contribution in [2.24, 2.45) is 5.10 Å². The molecule has 2 rings (SSSR count). The molecular weight excluding hydrogens is 298 g/mol. The van der Waals surface area contributed by atoms with Crippen LogP contribution in [0.1, 0.15) is 40.0 Å². The monoisotopic (exact) mass is 323 g/mol. The average Bonchev–Trinajstić information content (AvgIpc) is 2.71. The molecule has 0 bridgehead atoms. The molecule has 2 heterocycles. The van der Waals surface area contributed by atoms with E-state index in [2.05, 4.69) is 15.8 Å². The molecule has 0 radical (unpaired) electrons. The van der Waals surface area contributed by atoms with Crippen LogP contribution in [0.5, 0.6) is 0 Å². The maximum atomic E-state index is 12.4. The van der Waals surface area contributed by atoms with E-state index in [0.717, 1.165) is 6.42 Å². The Morgan fingerprint density at radius 1 is 1.09 bits per heavy atom. The van der Waals surface area contributed by atoms with E-state index in [1.807, 2.05) is 20.8 Å². The molecule has 8 nitrogen and oxygen atoms in total. The molecule has 4 amide bonds. The van der Waals surface area contributed by atoms with Crippen molar-refractivity contribution in [2.45, 2.75) is 45.6 Å². The molecule has 0 aromatic heterocycles. The first-order chi connectivity index (χ1) is 10.8. The first kappa shape index (κ1) is 17.2. The van der Waals surface area contributed by atoms with E-state index < -0.39 is 0 Å². The van der Waals surface area contributed by atoms with Gasteiger partial charge in [0.2, 0.25) is 5.91 Å². The zero-order valence-electron chi connectivity index (χ0n) is 14.0. The molecule has 0 unspecified atom stereocenters. The van der Waals surface area contributed by atoms with Gasteiger partial charge in [-0.1, -0.05) is 0 Å². The number of carbonyl (C=O) groups excluding carboxylic acids is 3. The van der Waals surface area contributed by atoms with Crippen molar-refractivity contribution >= 4 is 23.6 Å². The van der Waals surface area contributed by atoms with Crippen molar-refractivity contribution in [1.82, 2.24) is 20.5 Å². The largest absolute Gasteiger partial charge is 0.336 e. The Balaban J connectivity index is 1.92. The quantitative estimate of drug-likeness (QED) is 0.726. The van der Waals surface area contributed by atoms with Gasteiger partial charge in [-0.3, -0.25) is 9.59 Å². The highest BCUT2D eigenvalue weighted by atomic mass is 16.2. The first-order valence-corrected chi connectivity index (χ1v) is 7.98. The lowest BCUT2D eigenvalue weighted by atomic mass is 10.1. The number of hydrogen-bond donors (Lipinski definition) is 2. The molecule has 23 heavy (non-hydrogen) atoms. The highest BCUT2D eigenvalue weighted by molar-refractivity contribution is 6.39. The zero-order valence-corrected chi connectivity index (χ0v) is 14.0. The molecule has 0 aromatic rings. The fraction of sp³-hybridized carbons (Fsp3) is 0.733. The van der Waals surface area contributed by atoms with Gasteiger partial charge in [-0.25, -0.2) is 10.2 Å². The molecule has 0 saturated carbocycles. The summed E-state index contributed by atoms with van der Waals surface area (Å²) in [5.74, 6) is -0.314. The lowest BCUT2D eigenvalue weighted by molar-refractivity contribution is -0.124. The van der Waals surface area contributed by atoms with E-state index in [0.29, 0.717) is 44.7 Å². The van der Waals surface area contributed by atoms with Crippen LogP contribution in [0.2, 0.25) is 0 Å². The van der Waals surface area contributed by atoms with E-state index in [1.54, 1.807) is 9.80 Å². The van der Waals surface area contributed by atoms with E-state index in [4.69, 9.17) is 0 Å². The van der Waals surface area contributed by atoms with Crippen molar-refractivity contribution in [2.75, 3.05) is 26.2 Å². The van der Waals surface area contributed by atoms with E-state index in [9.17, 15) is 14.4 Å². The maximum Gasteiger partial charge on any atom is 0.317 e.